The Morgan fingerprint density at radius 1 is 1.20 bits per heavy atom. The quantitative estimate of drug-likeness (QED) is 0.406. The molecule has 1 aromatic heterocycles. The number of ether oxygens (including phenoxy) is 2. The lowest BCUT2D eigenvalue weighted by atomic mass is 10.2. The molecule has 1 aliphatic rings. The van der Waals surface area contributed by atoms with Crippen LogP contribution in [-0.4, -0.2) is 67.6 Å². The Kier molecular flexibility index (Phi) is 7.82. The number of carbonyl (C=O) groups is 2. The number of esters is 1. The molecule has 2 aromatic carbocycles. The summed E-state index contributed by atoms with van der Waals surface area (Å²) in [5, 5.41) is 14.7. The number of phenols is 1. The van der Waals surface area contributed by atoms with Gasteiger partial charge in [-0.2, -0.15) is 4.31 Å². The van der Waals surface area contributed by atoms with E-state index in [0.29, 0.717) is 10.8 Å². The van der Waals surface area contributed by atoms with E-state index in [9.17, 15) is 23.1 Å². The van der Waals surface area contributed by atoms with Crippen LogP contribution < -0.4 is 5.32 Å². The van der Waals surface area contributed by atoms with E-state index in [4.69, 9.17) is 9.47 Å². The Hall–Kier alpha value is -2.84. The van der Waals surface area contributed by atoms with Crippen molar-refractivity contribution in [3.05, 3.63) is 57.9 Å². The molecule has 0 atom stereocenters. The third kappa shape index (κ3) is 6.05. The van der Waals surface area contributed by atoms with Crippen molar-refractivity contribution in [1.29, 1.82) is 0 Å². The van der Waals surface area contributed by atoms with Crippen LogP contribution in [0, 0.1) is 0 Å². The van der Waals surface area contributed by atoms with Gasteiger partial charge < -0.3 is 14.6 Å². The van der Waals surface area contributed by atoms with E-state index in [2.05, 4.69) is 26.2 Å². The van der Waals surface area contributed by atoms with E-state index in [1.54, 1.807) is 5.38 Å². The Morgan fingerprint density at radius 2 is 1.97 bits per heavy atom. The van der Waals surface area contributed by atoms with E-state index in [-0.39, 0.29) is 36.8 Å². The summed E-state index contributed by atoms with van der Waals surface area (Å²) in [7, 11) is -3.88. The van der Waals surface area contributed by atoms with Crippen LogP contribution in [-0.2, 0) is 24.3 Å². The normalized spacial score (nSPS) is 14.4. The number of hydrogen-bond acceptors (Lipinski definition) is 9. The smallest absolute Gasteiger partial charge is 0.342 e. The summed E-state index contributed by atoms with van der Waals surface area (Å²) in [6.07, 6.45) is 0. The Morgan fingerprint density at radius 3 is 2.71 bits per heavy atom. The lowest BCUT2D eigenvalue weighted by molar-refractivity contribution is -0.119. The fourth-order valence-corrected chi connectivity index (χ4v) is 5.82. The Labute approximate surface area is 213 Å². The molecule has 1 aliphatic heterocycles. The number of hydrogen-bond donors (Lipinski definition) is 2. The van der Waals surface area contributed by atoms with Crippen molar-refractivity contribution in [2.75, 3.05) is 38.2 Å². The second-order valence-electron chi connectivity index (χ2n) is 7.37. The van der Waals surface area contributed by atoms with E-state index in [1.165, 1.54) is 21.7 Å². The Bertz CT molecular complexity index is 1350. The van der Waals surface area contributed by atoms with Gasteiger partial charge in [0, 0.05) is 28.5 Å². The van der Waals surface area contributed by atoms with Gasteiger partial charge in [-0.25, -0.2) is 18.2 Å². The number of carbonyl (C=O) groups excluding carboxylic acids is 2. The number of nitrogens with one attached hydrogen (secondary N) is 1. The fourth-order valence-electron chi connectivity index (χ4n) is 3.25. The summed E-state index contributed by atoms with van der Waals surface area (Å²) in [6.45, 7) is 0.256. The summed E-state index contributed by atoms with van der Waals surface area (Å²) < 4.78 is 38.0. The predicted molar refractivity (Wildman–Crippen MR) is 132 cm³/mol. The molecule has 2 N–H and O–H groups in total. The van der Waals surface area contributed by atoms with E-state index < -0.39 is 34.3 Å². The van der Waals surface area contributed by atoms with Gasteiger partial charge in [0.05, 0.1) is 23.8 Å². The first-order valence-electron chi connectivity index (χ1n) is 10.3. The monoisotopic (exact) mass is 581 g/mol. The van der Waals surface area contributed by atoms with Gasteiger partial charge in [0.1, 0.15) is 11.3 Å². The molecule has 4 rings (SSSR count). The number of anilines is 1. The van der Waals surface area contributed by atoms with Gasteiger partial charge in [0.2, 0.25) is 10.0 Å². The molecule has 0 saturated carbocycles. The zero-order valence-corrected chi connectivity index (χ0v) is 21.4. The number of aromatic hydroxyl groups is 1. The molecule has 3 aromatic rings. The molecule has 13 heteroatoms. The number of morpholine rings is 1. The van der Waals surface area contributed by atoms with E-state index in [0.717, 1.165) is 22.2 Å². The number of benzene rings is 2. The predicted octanol–water partition coefficient (Wildman–Crippen LogP) is 3.09. The van der Waals surface area contributed by atoms with Crippen molar-refractivity contribution in [1.82, 2.24) is 9.29 Å². The van der Waals surface area contributed by atoms with Crippen molar-refractivity contribution >= 4 is 54.3 Å². The summed E-state index contributed by atoms with van der Waals surface area (Å²) in [5.41, 5.74) is 1.18. The van der Waals surface area contributed by atoms with Crippen LogP contribution in [0.15, 0.2) is 57.2 Å². The lowest BCUT2D eigenvalue weighted by Gasteiger charge is -2.26. The average molecular weight is 582 g/mol. The topological polar surface area (TPSA) is 135 Å². The van der Waals surface area contributed by atoms with Crippen LogP contribution in [0.5, 0.6) is 5.75 Å². The number of nitrogens with zero attached hydrogens (tertiary/aromatic N) is 2. The van der Waals surface area contributed by atoms with Gasteiger partial charge in [-0.3, -0.25) is 10.1 Å². The zero-order valence-electron chi connectivity index (χ0n) is 18.1. The maximum Gasteiger partial charge on any atom is 0.342 e. The number of sulfonamides is 1. The summed E-state index contributed by atoms with van der Waals surface area (Å²) >= 11 is 4.61. The number of aromatic nitrogens is 1. The number of rotatable bonds is 7. The van der Waals surface area contributed by atoms with Crippen LogP contribution in [0.1, 0.15) is 10.4 Å². The van der Waals surface area contributed by atoms with Crippen molar-refractivity contribution in [3.63, 3.8) is 0 Å². The highest BCUT2D eigenvalue weighted by Crippen LogP contribution is 2.27. The first-order chi connectivity index (χ1) is 16.7. The largest absolute Gasteiger partial charge is 0.507 e. The van der Waals surface area contributed by atoms with Gasteiger partial charge in [0.25, 0.3) is 5.91 Å². The first-order valence-corrected chi connectivity index (χ1v) is 13.4. The minimum absolute atomic E-state index is 0.170. The van der Waals surface area contributed by atoms with Crippen molar-refractivity contribution in [3.8, 4) is 17.0 Å². The molecule has 0 unspecified atom stereocenters. The number of amides is 1. The van der Waals surface area contributed by atoms with Crippen LogP contribution in [0.25, 0.3) is 11.3 Å². The molecule has 2 heterocycles. The summed E-state index contributed by atoms with van der Waals surface area (Å²) in [5.74, 6) is -2.13. The maximum absolute atomic E-state index is 12.8. The molecule has 0 bridgehead atoms. The minimum atomic E-state index is -3.88. The zero-order chi connectivity index (χ0) is 25.0. The van der Waals surface area contributed by atoms with Gasteiger partial charge in [0.15, 0.2) is 11.7 Å². The molecular formula is C22H20BrN3O7S2. The standard InChI is InChI=1S/C22H20BrN3O7S2/c23-15-3-1-2-14(10-15)18-13-34-22(24-18)25-20(28)12-33-21(29)17-11-16(4-5-19(17)27)35(30,31)26-6-8-32-9-7-26/h1-5,10-11,13,27H,6-9,12H2,(H,24,25,28). The van der Waals surface area contributed by atoms with Crippen LogP contribution >= 0.6 is 27.3 Å². The highest BCUT2D eigenvalue weighted by Gasteiger charge is 2.28. The molecule has 1 saturated heterocycles. The van der Waals surface area contributed by atoms with Crippen molar-refractivity contribution in [2.45, 2.75) is 4.90 Å². The number of thiazole rings is 1. The average Bonchev–Trinajstić information content (AvgIpc) is 3.31. The number of halogens is 1. The molecule has 0 radical (unpaired) electrons. The SMILES string of the molecule is O=C(COC(=O)c1cc(S(=O)(=O)N2CCOCC2)ccc1O)Nc1nc(-c2cccc(Br)c2)cs1. The van der Waals surface area contributed by atoms with Gasteiger partial charge in [-0.15, -0.1) is 11.3 Å². The highest BCUT2D eigenvalue weighted by atomic mass is 79.9. The second-order valence-corrected chi connectivity index (χ2v) is 11.1. The van der Waals surface area contributed by atoms with E-state index >= 15 is 0 Å². The molecule has 1 amide bonds. The molecule has 10 nitrogen and oxygen atoms in total. The summed E-state index contributed by atoms with van der Waals surface area (Å²) in [4.78, 5) is 28.9. The molecule has 35 heavy (non-hydrogen) atoms. The summed E-state index contributed by atoms with van der Waals surface area (Å²) in [6, 6.07) is 10.9. The molecule has 0 spiro atoms. The van der Waals surface area contributed by atoms with Crippen LogP contribution in [0.4, 0.5) is 5.13 Å². The van der Waals surface area contributed by atoms with Crippen LogP contribution in [0.2, 0.25) is 0 Å². The molecule has 1 fully saturated rings. The first kappa shape index (κ1) is 25.3. The minimum Gasteiger partial charge on any atom is -0.507 e. The van der Waals surface area contributed by atoms with Crippen molar-refractivity contribution < 1.29 is 32.6 Å². The van der Waals surface area contributed by atoms with Crippen LogP contribution in [0.3, 0.4) is 0 Å². The third-order valence-corrected chi connectivity index (χ3v) is 8.15. The van der Waals surface area contributed by atoms with E-state index in [1.807, 2.05) is 24.3 Å². The Balaban J connectivity index is 1.38. The number of phenolic OH excluding ortho intramolecular Hbond substituents is 1. The molecular weight excluding hydrogens is 562 g/mol. The second kappa shape index (κ2) is 10.8. The van der Waals surface area contributed by atoms with Crippen molar-refractivity contribution in [2.24, 2.45) is 0 Å². The van der Waals surface area contributed by atoms with Gasteiger partial charge in [-0.1, -0.05) is 28.1 Å². The molecule has 184 valence electrons. The highest BCUT2D eigenvalue weighted by molar-refractivity contribution is 9.10. The van der Waals surface area contributed by atoms with Gasteiger partial charge >= 0.3 is 5.97 Å². The van der Waals surface area contributed by atoms with Gasteiger partial charge in [-0.05, 0) is 30.3 Å². The third-order valence-electron chi connectivity index (χ3n) is 5.00. The lowest BCUT2D eigenvalue weighted by Crippen LogP contribution is -2.40. The maximum atomic E-state index is 12.8. The fraction of sp³-hybridized carbons (Fsp3) is 0.227. The molecule has 0 aliphatic carbocycles.